The van der Waals surface area contributed by atoms with Gasteiger partial charge in [0.2, 0.25) is 10.0 Å². The Morgan fingerprint density at radius 1 is 1.24 bits per heavy atom. The number of nitrogens with zero attached hydrogens (tertiary/aromatic N) is 1. The zero-order chi connectivity index (χ0) is 12.5. The third-order valence-corrected chi connectivity index (χ3v) is 5.81. The van der Waals surface area contributed by atoms with Crippen molar-refractivity contribution in [3.63, 3.8) is 0 Å². The molecule has 2 saturated heterocycles. The van der Waals surface area contributed by atoms with Gasteiger partial charge >= 0.3 is 5.97 Å². The average molecular weight is 263 g/mol. The number of hydrogen-bond acceptors (Lipinski definition) is 4. The van der Waals surface area contributed by atoms with Gasteiger partial charge in [-0.3, -0.25) is 4.79 Å². The molecule has 98 valence electrons. The summed E-state index contributed by atoms with van der Waals surface area (Å²) in [5, 5.41) is 8.54. The topological polar surface area (TPSA) is 83.9 Å². The number of sulfonamides is 1. The molecule has 2 heterocycles. The molecule has 0 aliphatic carbocycles. The van der Waals surface area contributed by atoms with Crippen LogP contribution in [0.3, 0.4) is 0 Å². The lowest BCUT2D eigenvalue weighted by Gasteiger charge is -2.29. The van der Waals surface area contributed by atoms with Crippen LogP contribution in [-0.2, 0) is 19.6 Å². The normalized spacial score (nSPS) is 28.4. The van der Waals surface area contributed by atoms with E-state index in [9.17, 15) is 13.2 Å². The Balaban J connectivity index is 2.16. The lowest BCUT2D eigenvalue weighted by Crippen LogP contribution is -2.46. The summed E-state index contributed by atoms with van der Waals surface area (Å²) in [4.78, 5) is 11.0. The Kier molecular flexibility index (Phi) is 3.70. The second-order valence-electron chi connectivity index (χ2n) is 4.46. The molecular formula is C10H17NO5S. The van der Waals surface area contributed by atoms with Gasteiger partial charge in [0.15, 0.2) is 0 Å². The summed E-state index contributed by atoms with van der Waals surface area (Å²) in [6.07, 6.45) is 1.97. The maximum Gasteiger partial charge on any atom is 0.322 e. The van der Waals surface area contributed by atoms with Crippen molar-refractivity contribution in [2.24, 2.45) is 0 Å². The standard InChI is InChI=1S/C10H17NO5S/c12-10(13)9-2-1-5-11(9)17(14,15)8-3-6-16-7-4-8/h8-9H,1-7H2,(H,12,13). The van der Waals surface area contributed by atoms with E-state index in [2.05, 4.69) is 0 Å². The van der Waals surface area contributed by atoms with E-state index in [0.717, 1.165) is 0 Å². The molecule has 1 unspecified atom stereocenters. The SMILES string of the molecule is O=C(O)C1CCCN1S(=O)(=O)C1CCOCC1. The summed E-state index contributed by atoms with van der Waals surface area (Å²) in [5.74, 6) is -1.04. The second kappa shape index (κ2) is 4.91. The Labute approximate surface area is 101 Å². The van der Waals surface area contributed by atoms with Crippen LogP contribution in [0.2, 0.25) is 0 Å². The first-order valence-electron chi connectivity index (χ1n) is 5.84. The number of carboxylic acids is 1. The first-order valence-corrected chi connectivity index (χ1v) is 7.35. The van der Waals surface area contributed by atoms with E-state index < -0.39 is 27.3 Å². The van der Waals surface area contributed by atoms with Crippen molar-refractivity contribution in [3.05, 3.63) is 0 Å². The van der Waals surface area contributed by atoms with Crippen molar-refractivity contribution in [2.75, 3.05) is 19.8 Å². The van der Waals surface area contributed by atoms with Gasteiger partial charge in [0.25, 0.3) is 0 Å². The Morgan fingerprint density at radius 2 is 1.88 bits per heavy atom. The summed E-state index contributed by atoms with van der Waals surface area (Å²) in [6, 6.07) is -0.872. The van der Waals surface area contributed by atoms with Gasteiger partial charge in [0.05, 0.1) is 5.25 Å². The van der Waals surface area contributed by atoms with E-state index in [1.165, 1.54) is 4.31 Å². The van der Waals surface area contributed by atoms with Crippen LogP contribution in [0.1, 0.15) is 25.7 Å². The molecule has 0 aromatic heterocycles. The first kappa shape index (κ1) is 12.8. The van der Waals surface area contributed by atoms with E-state index >= 15 is 0 Å². The minimum atomic E-state index is -3.48. The molecule has 0 bridgehead atoms. The minimum absolute atomic E-state index is 0.330. The van der Waals surface area contributed by atoms with E-state index in [0.29, 0.717) is 45.4 Å². The lowest BCUT2D eigenvalue weighted by atomic mass is 10.2. The second-order valence-corrected chi connectivity index (χ2v) is 6.63. The Hall–Kier alpha value is -0.660. The molecule has 2 aliphatic rings. The van der Waals surface area contributed by atoms with Crippen LogP contribution in [0.25, 0.3) is 0 Å². The van der Waals surface area contributed by atoms with Crippen molar-refractivity contribution in [3.8, 4) is 0 Å². The largest absolute Gasteiger partial charge is 0.480 e. The fourth-order valence-corrected chi connectivity index (χ4v) is 4.56. The highest BCUT2D eigenvalue weighted by Gasteiger charge is 2.42. The number of ether oxygens (including phenoxy) is 1. The summed E-state index contributed by atoms with van der Waals surface area (Å²) in [7, 11) is -3.48. The predicted octanol–water partition coefficient (Wildman–Crippen LogP) is 0.0442. The highest BCUT2D eigenvalue weighted by molar-refractivity contribution is 7.89. The first-order chi connectivity index (χ1) is 8.03. The van der Waals surface area contributed by atoms with E-state index in [4.69, 9.17) is 9.84 Å². The van der Waals surface area contributed by atoms with E-state index in [-0.39, 0.29) is 0 Å². The number of carbonyl (C=O) groups is 1. The molecule has 0 saturated carbocycles. The molecule has 1 N–H and O–H groups in total. The van der Waals surface area contributed by atoms with Crippen molar-refractivity contribution in [1.29, 1.82) is 0 Å². The zero-order valence-corrected chi connectivity index (χ0v) is 10.4. The van der Waals surface area contributed by atoms with Gasteiger partial charge in [0, 0.05) is 19.8 Å². The number of rotatable bonds is 3. The Bertz CT molecular complexity index is 388. The highest BCUT2D eigenvalue weighted by Crippen LogP contribution is 2.27. The fraction of sp³-hybridized carbons (Fsp3) is 0.900. The summed E-state index contributed by atoms with van der Waals surface area (Å²) < 4.78 is 30.9. The van der Waals surface area contributed by atoms with Crippen LogP contribution >= 0.6 is 0 Å². The van der Waals surface area contributed by atoms with Crippen LogP contribution in [0.5, 0.6) is 0 Å². The molecule has 0 amide bonds. The molecule has 17 heavy (non-hydrogen) atoms. The van der Waals surface area contributed by atoms with Gasteiger partial charge in [-0.2, -0.15) is 4.31 Å². The van der Waals surface area contributed by atoms with Crippen LogP contribution in [0, 0.1) is 0 Å². The van der Waals surface area contributed by atoms with Crippen LogP contribution in [-0.4, -0.2) is 54.8 Å². The molecule has 2 aliphatic heterocycles. The molecule has 0 aromatic rings. The summed E-state index contributed by atoms with van der Waals surface area (Å²) >= 11 is 0. The van der Waals surface area contributed by atoms with E-state index in [1.54, 1.807) is 0 Å². The maximum atomic E-state index is 12.3. The monoisotopic (exact) mass is 263 g/mol. The van der Waals surface area contributed by atoms with Crippen LogP contribution in [0.15, 0.2) is 0 Å². The van der Waals surface area contributed by atoms with Gasteiger partial charge in [-0.15, -0.1) is 0 Å². The van der Waals surface area contributed by atoms with Crippen molar-refractivity contribution >= 4 is 16.0 Å². The Morgan fingerprint density at radius 3 is 2.47 bits per heavy atom. The number of carboxylic acid groups (broad SMARTS) is 1. The van der Waals surface area contributed by atoms with Crippen molar-refractivity contribution in [2.45, 2.75) is 37.0 Å². The van der Waals surface area contributed by atoms with Gasteiger partial charge in [-0.25, -0.2) is 8.42 Å². The third-order valence-electron chi connectivity index (χ3n) is 3.41. The van der Waals surface area contributed by atoms with Crippen molar-refractivity contribution in [1.82, 2.24) is 4.31 Å². The smallest absolute Gasteiger partial charge is 0.322 e. The van der Waals surface area contributed by atoms with E-state index in [1.807, 2.05) is 0 Å². The maximum absolute atomic E-state index is 12.3. The molecule has 7 heteroatoms. The molecular weight excluding hydrogens is 246 g/mol. The zero-order valence-electron chi connectivity index (χ0n) is 9.54. The minimum Gasteiger partial charge on any atom is -0.480 e. The number of hydrogen-bond donors (Lipinski definition) is 1. The molecule has 6 nitrogen and oxygen atoms in total. The van der Waals surface area contributed by atoms with Gasteiger partial charge in [-0.1, -0.05) is 0 Å². The molecule has 0 radical (unpaired) electrons. The average Bonchev–Trinajstić information content (AvgIpc) is 2.80. The molecule has 0 aromatic carbocycles. The highest BCUT2D eigenvalue weighted by atomic mass is 32.2. The van der Waals surface area contributed by atoms with Gasteiger partial charge in [0.1, 0.15) is 6.04 Å². The van der Waals surface area contributed by atoms with Crippen molar-refractivity contribution < 1.29 is 23.1 Å². The number of aliphatic carboxylic acids is 1. The van der Waals surface area contributed by atoms with Crippen LogP contribution < -0.4 is 0 Å². The fourth-order valence-electron chi connectivity index (χ4n) is 2.46. The molecule has 1 atom stereocenters. The van der Waals surface area contributed by atoms with Gasteiger partial charge in [-0.05, 0) is 25.7 Å². The lowest BCUT2D eigenvalue weighted by molar-refractivity contribution is -0.140. The van der Waals surface area contributed by atoms with Gasteiger partial charge < -0.3 is 9.84 Å². The quantitative estimate of drug-likeness (QED) is 0.777. The summed E-state index contributed by atoms with van der Waals surface area (Å²) in [5.41, 5.74) is 0. The predicted molar refractivity (Wildman–Crippen MR) is 60.1 cm³/mol. The molecule has 2 fully saturated rings. The summed E-state index contributed by atoms with van der Waals surface area (Å²) in [6.45, 7) is 1.21. The van der Waals surface area contributed by atoms with Crippen LogP contribution in [0.4, 0.5) is 0 Å². The molecule has 0 spiro atoms. The molecule has 2 rings (SSSR count). The third kappa shape index (κ3) is 2.46.